The van der Waals surface area contributed by atoms with Gasteiger partial charge in [-0.2, -0.15) is 0 Å². The lowest BCUT2D eigenvalue weighted by molar-refractivity contribution is 0.110. The van der Waals surface area contributed by atoms with Crippen molar-refractivity contribution >= 4 is 0 Å². The van der Waals surface area contributed by atoms with Gasteiger partial charge in [0, 0.05) is 51.9 Å². The van der Waals surface area contributed by atoms with Gasteiger partial charge in [0.1, 0.15) is 0 Å². The van der Waals surface area contributed by atoms with Crippen LogP contribution in [0, 0.1) is 5.92 Å². The zero-order chi connectivity index (χ0) is 13.0. The zero-order valence-electron chi connectivity index (χ0n) is 12.1. The number of rotatable bonds is 5. The third-order valence-corrected chi connectivity index (χ3v) is 4.54. The molecule has 2 unspecified atom stereocenters. The van der Waals surface area contributed by atoms with E-state index in [4.69, 9.17) is 5.73 Å². The van der Waals surface area contributed by atoms with Crippen LogP contribution >= 0.6 is 0 Å². The van der Waals surface area contributed by atoms with Crippen molar-refractivity contribution in [2.75, 3.05) is 59.9 Å². The van der Waals surface area contributed by atoms with Crippen LogP contribution in [0.5, 0.6) is 0 Å². The summed E-state index contributed by atoms with van der Waals surface area (Å²) >= 11 is 0. The normalized spacial score (nSPS) is 31.3. The lowest BCUT2D eigenvalue weighted by atomic mass is 10.0. The van der Waals surface area contributed by atoms with Gasteiger partial charge in [0.25, 0.3) is 0 Å². The second-order valence-electron chi connectivity index (χ2n) is 6.30. The monoisotopic (exact) mass is 254 g/mol. The van der Waals surface area contributed by atoms with Gasteiger partial charge in [0.2, 0.25) is 0 Å². The Balaban J connectivity index is 1.64. The van der Waals surface area contributed by atoms with Crippen LogP contribution in [0.4, 0.5) is 0 Å². The molecule has 1 saturated heterocycles. The quantitative estimate of drug-likeness (QED) is 0.765. The molecule has 0 bridgehead atoms. The molecule has 18 heavy (non-hydrogen) atoms. The van der Waals surface area contributed by atoms with Crippen LogP contribution in [0.2, 0.25) is 0 Å². The highest BCUT2D eigenvalue weighted by Gasteiger charge is 2.27. The lowest BCUT2D eigenvalue weighted by Crippen LogP contribution is -2.50. The van der Waals surface area contributed by atoms with Crippen LogP contribution in [0.25, 0.3) is 0 Å². The molecule has 2 atom stereocenters. The maximum atomic E-state index is 6.16. The Kier molecular flexibility index (Phi) is 5.42. The summed E-state index contributed by atoms with van der Waals surface area (Å²) in [7, 11) is 4.30. The maximum absolute atomic E-state index is 6.16. The average Bonchev–Trinajstić information content (AvgIpc) is 2.74. The Labute approximate surface area is 112 Å². The minimum Gasteiger partial charge on any atom is -0.327 e. The van der Waals surface area contributed by atoms with E-state index in [0.717, 1.165) is 5.92 Å². The number of nitrogens with two attached hydrogens (primary N) is 1. The molecule has 1 saturated carbocycles. The molecule has 4 nitrogen and oxygen atoms in total. The fourth-order valence-corrected chi connectivity index (χ4v) is 3.16. The van der Waals surface area contributed by atoms with E-state index in [0.29, 0.717) is 6.04 Å². The molecule has 0 aromatic heterocycles. The fourth-order valence-electron chi connectivity index (χ4n) is 3.16. The van der Waals surface area contributed by atoms with E-state index in [9.17, 15) is 0 Å². The molecule has 1 aliphatic carbocycles. The zero-order valence-corrected chi connectivity index (χ0v) is 12.1. The van der Waals surface area contributed by atoms with Gasteiger partial charge in [-0.1, -0.05) is 6.42 Å². The van der Waals surface area contributed by atoms with Gasteiger partial charge in [0.15, 0.2) is 0 Å². The first kappa shape index (κ1) is 14.3. The van der Waals surface area contributed by atoms with Crippen LogP contribution in [-0.4, -0.2) is 80.7 Å². The molecule has 106 valence electrons. The predicted molar refractivity (Wildman–Crippen MR) is 76.8 cm³/mol. The molecule has 2 aliphatic rings. The van der Waals surface area contributed by atoms with Crippen molar-refractivity contribution in [2.24, 2.45) is 11.7 Å². The minimum absolute atomic E-state index is 0.469. The number of hydrogen-bond donors (Lipinski definition) is 1. The Bertz CT molecular complexity index is 236. The topological polar surface area (TPSA) is 35.7 Å². The fraction of sp³-hybridized carbons (Fsp3) is 1.00. The van der Waals surface area contributed by atoms with E-state index in [-0.39, 0.29) is 0 Å². The Morgan fingerprint density at radius 1 is 1.06 bits per heavy atom. The molecule has 0 amide bonds. The SMILES string of the molecule is CN(C)CCN1CCN(CC2CCCC2N)CC1. The molecule has 4 heteroatoms. The number of hydrogen-bond acceptors (Lipinski definition) is 4. The summed E-state index contributed by atoms with van der Waals surface area (Å²) in [5, 5.41) is 0. The third kappa shape index (κ3) is 4.19. The summed E-state index contributed by atoms with van der Waals surface area (Å²) in [6, 6.07) is 0.469. The van der Waals surface area contributed by atoms with E-state index in [1.165, 1.54) is 65.1 Å². The number of likely N-dealkylation sites (N-methyl/N-ethyl adjacent to an activating group) is 1. The Morgan fingerprint density at radius 3 is 2.28 bits per heavy atom. The van der Waals surface area contributed by atoms with Crippen LogP contribution in [0.1, 0.15) is 19.3 Å². The van der Waals surface area contributed by atoms with Crippen molar-refractivity contribution in [3.8, 4) is 0 Å². The van der Waals surface area contributed by atoms with E-state index in [2.05, 4.69) is 28.8 Å². The van der Waals surface area contributed by atoms with Gasteiger partial charge < -0.3 is 15.5 Å². The smallest absolute Gasteiger partial charge is 0.0110 e. The average molecular weight is 254 g/mol. The van der Waals surface area contributed by atoms with Crippen molar-refractivity contribution in [3.05, 3.63) is 0 Å². The van der Waals surface area contributed by atoms with Gasteiger partial charge in [-0.15, -0.1) is 0 Å². The predicted octanol–water partition coefficient (Wildman–Crippen LogP) is 0.293. The highest BCUT2D eigenvalue weighted by Crippen LogP contribution is 2.25. The van der Waals surface area contributed by atoms with Crippen molar-refractivity contribution in [1.82, 2.24) is 14.7 Å². The molecule has 0 aromatic rings. The van der Waals surface area contributed by atoms with Crippen LogP contribution in [0.15, 0.2) is 0 Å². The summed E-state index contributed by atoms with van der Waals surface area (Å²) in [6.45, 7) is 8.55. The van der Waals surface area contributed by atoms with Crippen molar-refractivity contribution in [2.45, 2.75) is 25.3 Å². The Morgan fingerprint density at radius 2 is 1.72 bits per heavy atom. The number of piperazine rings is 1. The van der Waals surface area contributed by atoms with Crippen LogP contribution < -0.4 is 5.73 Å². The van der Waals surface area contributed by atoms with Crippen molar-refractivity contribution in [1.29, 1.82) is 0 Å². The van der Waals surface area contributed by atoms with E-state index < -0.39 is 0 Å². The molecule has 0 spiro atoms. The molecule has 0 radical (unpaired) electrons. The molecule has 2 fully saturated rings. The lowest BCUT2D eigenvalue weighted by Gasteiger charge is -2.36. The summed E-state index contributed by atoms with van der Waals surface area (Å²) in [5.74, 6) is 0.762. The second kappa shape index (κ2) is 6.85. The van der Waals surface area contributed by atoms with Crippen LogP contribution in [-0.2, 0) is 0 Å². The van der Waals surface area contributed by atoms with E-state index in [1.807, 2.05) is 0 Å². The highest BCUT2D eigenvalue weighted by molar-refractivity contribution is 4.84. The summed E-state index contributed by atoms with van der Waals surface area (Å²) < 4.78 is 0. The molecule has 0 aromatic carbocycles. The standard InChI is InChI=1S/C14H30N4/c1-16(2)6-7-17-8-10-18(11-9-17)12-13-4-3-5-14(13)15/h13-14H,3-12,15H2,1-2H3. The van der Waals surface area contributed by atoms with Crippen molar-refractivity contribution in [3.63, 3.8) is 0 Å². The third-order valence-electron chi connectivity index (χ3n) is 4.54. The van der Waals surface area contributed by atoms with Gasteiger partial charge >= 0.3 is 0 Å². The summed E-state index contributed by atoms with van der Waals surface area (Å²) in [6.07, 6.45) is 3.93. The van der Waals surface area contributed by atoms with Crippen molar-refractivity contribution < 1.29 is 0 Å². The van der Waals surface area contributed by atoms with Gasteiger partial charge in [-0.05, 0) is 32.9 Å². The first-order valence-corrected chi connectivity index (χ1v) is 7.50. The molecule has 2 N–H and O–H groups in total. The van der Waals surface area contributed by atoms with Gasteiger partial charge in [-0.3, -0.25) is 4.90 Å². The largest absolute Gasteiger partial charge is 0.327 e. The Hall–Kier alpha value is -0.160. The molecule has 2 rings (SSSR count). The summed E-state index contributed by atoms with van der Waals surface area (Å²) in [4.78, 5) is 7.48. The molecule has 1 heterocycles. The molecule has 1 aliphatic heterocycles. The van der Waals surface area contributed by atoms with E-state index in [1.54, 1.807) is 0 Å². The van der Waals surface area contributed by atoms with Gasteiger partial charge in [-0.25, -0.2) is 0 Å². The summed E-state index contributed by atoms with van der Waals surface area (Å²) in [5.41, 5.74) is 6.16. The number of nitrogens with zero attached hydrogens (tertiary/aromatic N) is 3. The highest BCUT2D eigenvalue weighted by atomic mass is 15.3. The molecular formula is C14H30N4. The van der Waals surface area contributed by atoms with Gasteiger partial charge in [0.05, 0.1) is 0 Å². The van der Waals surface area contributed by atoms with E-state index >= 15 is 0 Å². The first-order valence-electron chi connectivity index (χ1n) is 7.50. The molecular weight excluding hydrogens is 224 g/mol. The first-order chi connectivity index (χ1) is 8.65. The maximum Gasteiger partial charge on any atom is 0.0110 e. The van der Waals surface area contributed by atoms with Crippen LogP contribution in [0.3, 0.4) is 0 Å². The second-order valence-corrected chi connectivity index (χ2v) is 6.30. The minimum atomic E-state index is 0.469.